The highest BCUT2D eigenvalue weighted by Gasteiger charge is 2.49. The van der Waals surface area contributed by atoms with Gasteiger partial charge in [0.05, 0.1) is 17.0 Å². The summed E-state index contributed by atoms with van der Waals surface area (Å²) in [5.74, 6) is 1.52. The van der Waals surface area contributed by atoms with E-state index in [-0.39, 0.29) is 0 Å². The number of aromatic nitrogens is 3. The maximum Gasteiger partial charge on any atom is 0.109 e. The minimum atomic E-state index is -0.571. The number of imidazole rings is 1. The zero-order valence-electron chi connectivity index (χ0n) is 15.8. The van der Waals surface area contributed by atoms with Gasteiger partial charge in [-0.2, -0.15) is 0 Å². The van der Waals surface area contributed by atoms with Crippen molar-refractivity contribution in [1.82, 2.24) is 14.5 Å². The molecule has 0 aromatic carbocycles. The van der Waals surface area contributed by atoms with Crippen LogP contribution in [-0.2, 0) is 7.05 Å². The zero-order chi connectivity index (χ0) is 19.2. The Bertz CT molecular complexity index is 895. The molecule has 27 heavy (non-hydrogen) atoms. The van der Waals surface area contributed by atoms with Crippen LogP contribution in [0.4, 0.5) is 0 Å². The maximum atomic E-state index is 10.2. The Kier molecular flexibility index (Phi) is 4.95. The Morgan fingerprint density at radius 2 is 2.11 bits per heavy atom. The number of aliphatic hydroxyl groups is 1. The van der Waals surface area contributed by atoms with E-state index >= 15 is 0 Å². The third-order valence-corrected chi connectivity index (χ3v) is 6.84. The lowest BCUT2D eigenvalue weighted by Crippen LogP contribution is -2.24. The van der Waals surface area contributed by atoms with Gasteiger partial charge in [0.2, 0.25) is 0 Å². The van der Waals surface area contributed by atoms with Crippen molar-refractivity contribution in [2.75, 3.05) is 0 Å². The van der Waals surface area contributed by atoms with Gasteiger partial charge < -0.3 is 9.67 Å². The number of aryl methyl sites for hydroxylation is 1. The molecule has 1 saturated carbocycles. The highest BCUT2D eigenvalue weighted by molar-refractivity contribution is 7.99. The quantitative estimate of drug-likeness (QED) is 0.767. The molecule has 1 unspecified atom stereocenters. The Morgan fingerprint density at radius 3 is 2.70 bits per heavy atom. The van der Waals surface area contributed by atoms with Crippen LogP contribution in [-0.4, -0.2) is 25.2 Å². The summed E-state index contributed by atoms with van der Waals surface area (Å²) < 4.78 is 2.03. The van der Waals surface area contributed by atoms with Gasteiger partial charge in [0.15, 0.2) is 0 Å². The van der Waals surface area contributed by atoms with Crippen molar-refractivity contribution in [3.63, 3.8) is 0 Å². The first-order chi connectivity index (χ1) is 12.8. The first-order valence-electron chi connectivity index (χ1n) is 9.25. The van der Waals surface area contributed by atoms with E-state index in [1.807, 2.05) is 43.9 Å². The van der Waals surface area contributed by atoms with Gasteiger partial charge in [-0.05, 0) is 73.9 Å². The second kappa shape index (κ2) is 7.12. The van der Waals surface area contributed by atoms with E-state index in [0.29, 0.717) is 22.8 Å². The number of nitrogens with zero attached hydrogens (tertiary/aromatic N) is 3. The minimum Gasteiger partial charge on any atom is -0.390 e. The van der Waals surface area contributed by atoms with Crippen LogP contribution in [0.15, 0.2) is 52.9 Å². The zero-order valence-corrected chi connectivity index (χ0v) is 17.3. The van der Waals surface area contributed by atoms with Crippen LogP contribution in [0, 0.1) is 17.8 Å². The van der Waals surface area contributed by atoms with Gasteiger partial charge in [-0.3, -0.25) is 0 Å². The van der Waals surface area contributed by atoms with E-state index in [1.165, 1.54) is 0 Å². The number of rotatable bonds is 5. The Balaban J connectivity index is 1.49. The van der Waals surface area contributed by atoms with Gasteiger partial charge in [-0.25, -0.2) is 9.97 Å². The Labute approximate surface area is 169 Å². The number of hydrogen-bond acceptors (Lipinski definition) is 4. The van der Waals surface area contributed by atoms with Crippen LogP contribution < -0.4 is 0 Å². The average molecular weight is 402 g/mol. The lowest BCUT2D eigenvalue weighted by Gasteiger charge is -2.21. The molecule has 142 valence electrons. The summed E-state index contributed by atoms with van der Waals surface area (Å²) in [5, 5.41) is 12.8. The fraction of sp³-hybridized carbons (Fsp3) is 0.429. The molecule has 0 amide bonds. The van der Waals surface area contributed by atoms with Crippen molar-refractivity contribution < 1.29 is 5.11 Å². The molecule has 3 atom stereocenters. The number of hydrogen-bond donors (Lipinski definition) is 1. The van der Waals surface area contributed by atoms with Crippen molar-refractivity contribution in [3.05, 3.63) is 53.6 Å². The summed E-state index contributed by atoms with van der Waals surface area (Å²) in [5.41, 5.74) is 1.58. The van der Waals surface area contributed by atoms with E-state index in [2.05, 4.69) is 28.2 Å². The van der Waals surface area contributed by atoms with Gasteiger partial charge >= 0.3 is 0 Å². The standard InChI is InChI=1S/C21H24ClN3OS/c1-21(2,26)17-10-16(17)13-4-6-14(7-5-13)19-20(25(3)12-24-19)27-18-9-8-15(22)11-23-18/h4,6-9,11-13,16-17,26H,5,10H2,1-3H3/t13?,16-,17+/m1/s1. The van der Waals surface area contributed by atoms with E-state index in [4.69, 9.17) is 11.6 Å². The van der Waals surface area contributed by atoms with Crippen molar-refractivity contribution >= 4 is 28.9 Å². The van der Waals surface area contributed by atoms with Crippen LogP contribution in [0.5, 0.6) is 0 Å². The first kappa shape index (κ1) is 18.8. The summed E-state index contributed by atoms with van der Waals surface area (Å²) in [6, 6.07) is 3.78. The van der Waals surface area contributed by atoms with Crippen molar-refractivity contribution in [2.45, 2.75) is 42.3 Å². The van der Waals surface area contributed by atoms with Crippen molar-refractivity contribution in [1.29, 1.82) is 0 Å². The number of pyridine rings is 1. The summed E-state index contributed by atoms with van der Waals surface area (Å²) in [4.78, 5) is 9.01. The molecule has 2 aromatic heterocycles. The molecule has 0 bridgehead atoms. The van der Waals surface area contributed by atoms with Crippen LogP contribution in [0.25, 0.3) is 5.57 Å². The van der Waals surface area contributed by atoms with Crippen LogP contribution in [0.1, 0.15) is 32.4 Å². The largest absolute Gasteiger partial charge is 0.390 e. The molecule has 0 saturated heterocycles. The summed E-state index contributed by atoms with van der Waals surface area (Å²) in [6.45, 7) is 3.85. The van der Waals surface area contributed by atoms with Crippen LogP contribution in [0.3, 0.4) is 0 Å². The van der Waals surface area contributed by atoms with E-state index < -0.39 is 5.60 Å². The fourth-order valence-corrected chi connectivity index (χ4v) is 4.90. The molecule has 0 spiro atoms. The van der Waals surface area contributed by atoms with E-state index in [9.17, 15) is 5.11 Å². The van der Waals surface area contributed by atoms with Gasteiger partial charge in [-0.1, -0.05) is 29.8 Å². The second-order valence-electron chi connectivity index (χ2n) is 8.00. The van der Waals surface area contributed by atoms with Crippen LogP contribution >= 0.6 is 23.4 Å². The molecule has 0 aliphatic heterocycles. The topological polar surface area (TPSA) is 50.9 Å². The first-order valence-corrected chi connectivity index (χ1v) is 10.4. The molecular weight excluding hydrogens is 378 g/mol. The van der Waals surface area contributed by atoms with Gasteiger partial charge in [-0.15, -0.1) is 0 Å². The molecule has 1 N–H and O–H groups in total. The normalized spacial score (nSPS) is 24.8. The maximum absolute atomic E-state index is 10.2. The molecule has 6 heteroatoms. The van der Waals surface area contributed by atoms with E-state index in [0.717, 1.165) is 34.2 Å². The molecule has 1 fully saturated rings. The lowest BCUT2D eigenvalue weighted by molar-refractivity contribution is 0.0486. The molecule has 4 rings (SSSR count). The molecule has 2 aliphatic carbocycles. The highest BCUT2D eigenvalue weighted by Crippen LogP contribution is 2.53. The highest BCUT2D eigenvalue weighted by atomic mass is 35.5. The monoisotopic (exact) mass is 401 g/mol. The SMILES string of the molecule is Cn1cnc(C2=CCC([C@H]3C[C@@H]3C(C)(C)O)C=C2)c1Sc1ccc(Cl)cn1. The van der Waals surface area contributed by atoms with Crippen molar-refractivity contribution in [2.24, 2.45) is 24.8 Å². The molecular formula is C21H24ClN3OS. The summed E-state index contributed by atoms with van der Waals surface area (Å²) >= 11 is 7.53. The predicted octanol–water partition coefficient (Wildman–Crippen LogP) is 4.99. The third-order valence-electron chi connectivity index (χ3n) is 5.49. The number of allylic oxidation sites excluding steroid dienone is 4. The molecule has 2 aliphatic rings. The molecule has 4 nitrogen and oxygen atoms in total. The molecule has 2 aromatic rings. The van der Waals surface area contributed by atoms with E-state index in [1.54, 1.807) is 18.0 Å². The summed E-state index contributed by atoms with van der Waals surface area (Å²) in [6.07, 6.45) is 12.4. The Hall–Kier alpha value is -1.56. The molecule has 2 heterocycles. The molecule has 0 radical (unpaired) electrons. The van der Waals surface area contributed by atoms with Gasteiger partial charge in [0, 0.05) is 13.2 Å². The number of halogens is 1. The van der Waals surface area contributed by atoms with Crippen molar-refractivity contribution in [3.8, 4) is 0 Å². The fourth-order valence-electron chi connectivity index (χ4n) is 3.89. The lowest BCUT2D eigenvalue weighted by atomic mass is 9.88. The van der Waals surface area contributed by atoms with Gasteiger partial charge in [0.1, 0.15) is 15.7 Å². The van der Waals surface area contributed by atoms with Crippen LogP contribution in [0.2, 0.25) is 5.02 Å². The average Bonchev–Trinajstić information content (AvgIpc) is 3.37. The summed E-state index contributed by atoms with van der Waals surface area (Å²) in [7, 11) is 2.00. The third kappa shape index (κ3) is 4.00. The van der Waals surface area contributed by atoms with Gasteiger partial charge in [0.25, 0.3) is 0 Å². The predicted molar refractivity (Wildman–Crippen MR) is 110 cm³/mol. The Morgan fingerprint density at radius 1 is 1.30 bits per heavy atom. The second-order valence-corrected chi connectivity index (χ2v) is 9.45. The minimum absolute atomic E-state index is 0.416. The smallest absolute Gasteiger partial charge is 0.109 e.